The molecule has 0 unspecified atom stereocenters. The lowest BCUT2D eigenvalue weighted by Gasteiger charge is -2.15. The van der Waals surface area contributed by atoms with Crippen molar-refractivity contribution in [3.63, 3.8) is 0 Å². The van der Waals surface area contributed by atoms with Crippen LogP contribution in [0.25, 0.3) is 22.2 Å². The van der Waals surface area contributed by atoms with Crippen LogP contribution in [0.5, 0.6) is 5.75 Å². The molecule has 0 aliphatic carbocycles. The van der Waals surface area contributed by atoms with Gasteiger partial charge in [0.2, 0.25) is 0 Å². The van der Waals surface area contributed by atoms with Gasteiger partial charge in [0.1, 0.15) is 5.75 Å². The number of benzene rings is 2. The molecular formula is C24H20F3N3O4. The van der Waals surface area contributed by atoms with E-state index in [2.05, 4.69) is 14.7 Å². The summed E-state index contributed by atoms with van der Waals surface area (Å²) >= 11 is 0. The first-order valence-electron chi connectivity index (χ1n) is 10.4. The van der Waals surface area contributed by atoms with E-state index >= 15 is 0 Å². The smallest absolute Gasteiger partial charge is 0.406 e. The Bertz CT molecular complexity index is 1430. The third kappa shape index (κ3) is 5.01. The van der Waals surface area contributed by atoms with Crippen LogP contribution >= 0.6 is 0 Å². The number of H-pyrrole nitrogens is 1. The van der Waals surface area contributed by atoms with Crippen LogP contribution in [0.15, 0.2) is 70.4 Å². The molecule has 0 aliphatic rings. The van der Waals surface area contributed by atoms with Crippen LogP contribution in [0.3, 0.4) is 0 Å². The number of aromatic nitrogens is 3. The zero-order chi connectivity index (χ0) is 24.3. The van der Waals surface area contributed by atoms with Gasteiger partial charge in [-0.3, -0.25) is 14.3 Å². The number of nitrogens with zero attached hydrogens (tertiary/aromatic N) is 2. The van der Waals surface area contributed by atoms with Gasteiger partial charge in [0.15, 0.2) is 0 Å². The van der Waals surface area contributed by atoms with E-state index in [0.717, 1.165) is 10.1 Å². The van der Waals surface area contributed by atoms with Crippen molar-refractivity contribution in [2.75, 3.05) is 6.61 Å². The van der Waals surface area contributed by atoms with E-state index in [1.165, 1.54) is 24.4 Å². The number of alkyl halides is 3. The van der Waals surface area contributed by atoms with E-state index in [1.54, 1.807) is 6.07 Å². The van der Waals surface area contributed by atoms with E-state index in [9.17, 15) is 22.8 Å². The van der Waals surface area contributed by atoms with Crippen molar-refractivity contribution in [3.8, 4) is 17.0 Å². The lowest BCUT2D eigenvalue weighted by atomic mass is 9.96. The van der Waals surface area contributed by atoms with Crippen LogP contribution in [-0.2, 0) is 13.0 Å². The van der Waals surface area contributed by atoms with E-state index in [-0.39, 0.29) is 36.9 Å². The Morgan fingerprint density at radius 3 is 2.53 bits per heavy atom. The number of aliphatic hydroxyl groups excluding tert-OH is 1. The normalized spacial score (nSPS) is 11.6. The molecule has 0 atom stereocenters. The number of hydrogen-bond acceptors (Lipinski definition) is 5. The Kier molecular flexibility index (Phi) is 6.51. The summed E-state index contributed by atoms with van der Waals surface area (Å²) in [6.07, 6.45) is -3.10. The van der Waals surface area contributed by atoms with Crippen molar-refractivity contribution >= 4 is 10.9 Å². The maximum absolute atomic E-state index is 13.4. The summed E-state index contributed by atoms with van der Waals surface area (Å²) in [6.45, 7) is -0.188. The van der Waals surface area contributed by atoms with E-state index < -0.39 is 23.4 Å². The number of aliphatic hydroxyl groups is 1. The molecule has 0 fully saturated rings. The van der Waals surface area contributed by atoms with Crippen LogP contribution in [0.2, 0.25) is 0 Å². The van der Waals surface area contributed by atoms with Crippen LogP contribution < -0.4 is 16.0 Å². The highest BCUT2D eigenvalue weighted by Gasteiger charge is 2.31. The zero-order valence-electron chi connectivity index (χ0n) is 17.8. The van der Waals surface area contributed by atoms with Crippen molar-refractivity contribution in [2.24, 2.45) is 0 Å². The molecule has 0 saturated heterocycles. The Labute approximate surface area is 191 Å². The van der Waals surface area contributed by atoms with E-state index in [0.29, 0.717) is 16.8 Å². The maximum Gasteiger partial charge on any atom is 0.573 e. The first kappa shape index (κ1) is 23.2. The predicted octanol–water partition coefficient (Wildman–Crippen LogP) is 3.62. The summed E-state index contributed by atoms with van der Waals surface area (Å²) in [5.74, 6) is -0.417. The molecule has 4 aromatic rings. The molecule has 10 heteroatoms. The highest BCUT2D eigenvalue weighted by atomic mass is 19.4. The van der Waals surface area contributed by atoms with Gasteiger partial charge in [-0.15, -0.1) is 13.2 Å². The van der Waals surface area contributed by atoms with E-state index in [1.807, 2.05) is 30.3 Å². The molecule has 7 nitrogen and oxygen atoms in total. The van der Waals surface area contributed by atoms with Crippen LogP contribution in [0.1, 0.15) is 17.5 Å². The lowest BCUT2D eigenvalue weighted by Crippen LogP contribution is -2.36. The number of rotatable bonds is 7. The van der Waals surface area contributed by atoms with Gasteiger partial charge in [-0.1, -0.05) is 42.5 Å². The van der Waals surface area contributed by atoms with Gasteiger partial charge in [-0.25, -0.2) is 4.79 Å². The minimum atomic E-state index is -4.86. The Hall–Kier alpha value is -3.92. The molecule has 0 saturated carbocycles. The quantitative estimate of drug-likeness (QED) is 0.429. The summed E-state index contributed by atoms with van der Waals surface area (Å²) in [5.41, 5.74) is 0.924. The van der Waals surface area contributed by atoms with Crippen LogP contribution in [0.4, 0.5) is 13.2 Å². The monoisotopic (exact) mass is 471 g/mol. The molecule has 0 spiro atoms. The van der Waals surface area contributed by atoms with Crippen LogP contribution in [0, 0.1) is 0 Å². The average molecular weight is 471 g/mol. The van der Waals surface area contributed by atoms with Gasteiger partial charge in [-0.2, -0.15) is 0 Å². The lowest BCUT2D eigenvalue weighted by molar-refractivity contribution is -0.274. The second kappa shape index (κ2) is 9.52. The summed E-state index contributed by atoms with van der Waals surface area (Å²) in [7, 11) is 0. The standard InChI is InChI=1S/C24H20F3N3O4/c25-24(26,27)34-17-9-4-8-16(13-17)21-18(12-15-6-2-1-3-7-15)20-19(14-28-21)29-23(33)30(22(20)32)10-5-11-31/h1-4,6-9,13-14,31H,5,10-12H2,(H,29,33). The highest BCUT2D eigenvalue weighted by molar-refractivity contribution is 5.87. The molecule has 0 aliphatic heterocycles. The first-order chi connectivity index (χ1) is 16.3. The third-order valence-corrected chi connectivity index (χ3v) is 5.23. The van der Waals surface area contributed by atoms with Crippen molar-refractivity contribution in [2.45, 2.75) is 25.7 Å². The molecule has 176 valence electrons. The fourth-order valence-corrected chi connectivity index (χ4v) is 3.79. The number of fused-ring (bicyclic) bond motifs is 1. The Balaban J connectivity index is 1.96. The molecule has 2 aromatic heterocycles. The van der Waals surface area contributed by atoms with Crippen LogP contribution in [-0.4, -0.2) is 32.6 Å². The minimum absolute atomic E-state index is 0.0119. The van der Waals surface area contributed by atoms with Gasteiger partial charge in [0.25, 0.3) is 5.56 Å². The van der Waals surface area contributed by atoms with Crippen molar-refractivity contribution < 1.29 is 23.0 Å². The number of ether oxygens (including phenoxy) is 1. The number of aromatic amines is 1. The number of halogens is 3. The zero-order valence-corrected chi connectivity index (χ0v) is 17.8. The van der Waals surface area contributed by atoms with E-state index in [4.69, 9.17) is 5.11 Å². The fourth-order valence-electron chi connectivity index (χ4n) is 3.79. The summed E-state index contributed by atoms with van der Waals surface area (Å²) in [6, 6.07) is 14.5. The van der Waals surface area contributed by atoms with Gasteiger partial charge in [-0.05, 0) is 29.7 Å². The van der Waals surface area contributed by atoms with Gasteiger partial charge < -0.3 is 14.8 Å². The van der Waals surface area contributed by atoms with Gasteiger partial charge in [0, 0.05) is 25.1 Å². The largest absolute Gasteiger partial charge is 0.573 e. The van der Waals surface area contributed by atoms with Gasteiger partial charge >= 0.3 is 12.1 Å². The number of pyridine rings is 1. The minimum Gasteiger partial charge on any atom is -0.406 e. The van der Waals surface area contributed by atoms with Crippen molar-refractivity contribution in [1.82, 2.24) is 14.5 Å². The molecule has 34 heavy (non-hydrogen) atoms. The number of hydrogen-bond donors (Lipinski definition) is 2. The molecule has 0 bridgehead atoms. The molecule has 2 heterocycles. The predicted molar refractivity (Wildman–Crippen MR) is 120 cm³/mol. The summed E-state index contributed by atoms with van der Waals surface area (Å²) < 4.78 is 43.3. The highest BCUT2D eigenvalue weighted by Crippen LogP contribution is 2.31. The molecule has 0 amide bonds. The second-order valence-electron chi connectivity index (χ2n) is 7.58. The van der Waals surface area contributed by atoms with Crippen molar-refractivity contribution in [3.05, 3.63) is 92.8 Å². The third-order valence-electron chi connectivity index (χ3n) is 5.23. The maximum atomic E-state index is 13.4. The summed E-state index contributed by atoms with van der Waals surface area (Å²) in [4.78, 5) is 32.8. The van der Waals surface area contributed by atoms with Gasteiger partial charge in [0.05, 0.1) is 22.8 Å². The van der Waals surface area contributed by atoms with Crippen molar-refractivity contribution in [1.29, 1.82) is 0 Å². The average Bonchev–Trinajstić information content (AvgIpc) is 2.78. The molecule has 4 rings (SSSR count). The topological polar surface area (TPSA) is 97.2 Å². The molecule has 2 N–H and O–H groups in total. The molecule has 2 aromatic carbocycles. The molecule has 0 radical (unpaired) electrons. The second-order valence-corrected chi connectivity index (χ2v) is 7.58. The fraction of sp³-hybridized carbons (Fsp3) is 0.208. The first-order valence-corrected chi connectivity index (χ1v) is 10.4. The number of nitrogens with one attached hydrogen (secondary N) is 1. The SMILES string of the molecule is O=c1[nH]c2cnc(-c3cccc(OC(F)(F)F)c3)c(Cc3ccccc3)c2c(=O)n1CCCO. The molecular weight excluding hydrogens is 451 g/mol. The Morgan fingerprint density at radius 1 is 1.06 bits per heavy atom. The summed E-state index contributed by atoms with van der Waals surface area (Å²) in [5, 5.41) is 9.34. The Morgan fingerprint density at radius 2 is 1.82 bits per heavy atom.